The Labute approximate surface area is 187 Å². The summed E-state index contributed by atoms with van der Waals surface area (Å²) in [6.45, 7) is 3.51. The minimum absolute atomic E-state index is 0.0485. The molecule has 8 nitrogen and oxygen atoms in total. The second-order valence-electron chi connectivity index (χ2n) is 7.25. The Morgan fingerprint density at radius 2 is 1.85 bits per heavy atom. The number of nitrogens with zero attached hydrogens (tertiary/aromatic N) is 1. The first kappa shape index (κ1) is 24.3. The van der Waals surface area contributed by atoms with Crippen molar-refractivity contribution >= 4 is 21.9 Å². The molecule has 2 aromatic rings. The highest BCUT2D eigenvalue weighted by Crippen LogP contribution is 2.44. The van der Waals surface area contributed by atoms with Crippen LogP contribution in [-0.2, 0) is 31.1 Å². The molecular weight excluding hydrogens is 465 g/mol. The Balaban J connectivity index is 1.91. The molecule has 0 aromatic heterocycles. The number of amides is 1. The molecule has 1 saturated carbocycles. The van der Waals surface area contributed by atoms with Crippen LogP contribution in [0.15, 0.2) is 72.1 Å². The van der Waals surface area contributed by atoms with Crippen molar-refractivity contribution < 1.29 is 40.8 Å². The van der Waals surface area contributed by atoms with Crippen LogP contribution in [0.2, 0.25) is 0 Å². The van der Waals surface area contributed by atoms with Gasteiger partial charge >= 0.3 is 12.1 Å². The van der Waals surface area contributed by atoms with Crippen molar-refractivity contribution in [1.82, 2.24) is 4.47 Å². The lowest BCUT2D eigenvalue weighted by Gasteiger charge is -2.24. The number of nitrogens with two attached hydrogens (primary N) is 1. The van der Waals surface area contributed by atoms with Crippen LogP contribution >= 0.6 is 0 Å². The van der Waals surface area contributed by atoms with Crippen LogP contribution in [0.4, 0.5) is 13.2 Å². The highest BCUT2D eigenvalue weighted by molar-refractivity contribution is 7.89. The number of halogens is 3. The highest BCUT2D eigenvalue weighted by atomic mass is 32.2. The standard InChI is InChI=1S/C21H19F3N2O6S/c1-2-15-12-20(15,25)18(27)26(32-19(28)21(22,23)24)33(29,30)17-10-6-9-16(11-17)31-13-14-7-4-3-5-8-14/h2-11,15H,1,12-13,25H2/t15-,20+/m1/s1. The van der Waals surface area contributed by atoms with Gasteiger partial charge in [0.05, 0.1) is 4.90 Å². The summed E-state index contributed by atoms with van der Waals surface area (Å²) in [6, 6.07) is 13.5. The molecule has 0 spiro atoms. The second-order valence-corrected chi connectivity index (χ2v) is 9.00. The van der Waals surface area contributed by atoms with E-state index in [-0.39, 0.29) is 18.8 Å². The average molecular weight is 484 g/mol. The Morgan fingerprint density at radius 3 is 2.42 bits per heavy atom. The van der Waals surface area contributed by atoms with Crippen molar-refractivity contribution in [2.75, 3.05) is 0 Å². The first-order valence-electron chi connectivity index (χ1n) is 9.46. The van der Waals surface area contributed by atoms with Crippen LogP contribution in [0.25, 0.3) is 0 Å². The molecule has 0 radical (unpaired) electrons. The van der Waals surface area contributed by atoms with Crippen LogP contribution in [0, 0.1) is 5.92 Å². The lowest BCUT2D eigenvalue weighted by molar-refractivity contribution is -0.223. The summed E-state index contributed by atoms with van der Waals surface area (Å²) >= 11 is 0. The molecule has 2 aromatic carbocycles. The van der Waals surface area contributed by atoms with E-state index in [1.807, 2.05) is 0 Å². The van der Waals surface area contributed by atoms with Gasteiger partial charge in [-0.2, -0.15) is 21.6 Å². The Bertz CT molecular complexity index is 1170. The first-order valence-corrected chi connectivity index (χ1v) is 10.9. The first-order chi connectivity index (χ1) is 15.4. The number of benzene rings is 2. The molecule has 176 valence electrons. The van der Waals surface area contributed by atoms with E-state index in [2.05, 4.69) is 11.4 Å². The zero-order chi connectivity index (χ0) is 24.4. The third-order valence-electron chi connectivity index (χ3n) is 4.87. The number of alkyl halides is 3. The maximum atomic E-state index is 13.1. The summed E-state index contributed by atoms with van der Waals surface area (Å²) < 4.78 is 69.3. The van der Waals surface area contributed by atoms with Crippen LogP contribution in [-0.4, -0.2) is 36.5 Å². The summed E-state index contributed by atoms with van der Waals surface area (Å²) in [6.07, 6.45) is -4.38. The summed E-state index contributed by atoms with van der Waals surface area (Å²) in [5.74, 6) is -5.07. The Morgan fingerprint density at radius 1 is 1.18 bits per heavy atom. The molecule has 0 saturated heterocycles. The third-order valence-corrected chi connectivity index (χ3v) is 6.40. The van der Waals surface area contributed by atoms with E-state index in [0.29, 0.717) is 0 Å². The van der Waals surface area contributed by atoms with Crippen molar-refractivity contribution in [3.63, 3.8) is 0 Å². The second kappa shape index (κ2) is 8.87. The van der Waals surface area contributed by atoms with Gasteiger partial charge in [-0.1, -0.05) is 46.9 Å². The fraction of sp³-hybridized carbons (Fsp3) is 0.238. The minimum atomic E-state index is -5.56. The lowest BCUT2D eigenvalue weighted by atomic mass is 10.2. The molecule has 0 aliphatic heterocycles. The van der Waals surface area contributed by atoms with Crippen molar-refractivity contribution in [3.05, 3.63) is 72.8 Å². The summed E-state index contributed by atoms with van der Waals surface area (Å²) in [4.78, 5) is 27.5. The molecule has 0 bridgehead atoms. The normalized spacial score (nSPS) is 19.9. The van der Waals surface area contributed by atoms with Gasteiger partial charge in [0.1, 0.15) is 17.9 Å². The van der Waals surface area contributed by atoms with Crippen molar-refractivity contribution in [3.8, 4) is 5.75 Å². The minimum Gasteiger partial charge on any atom is -0.489 e. The molecule has 1 aliphatic rings. The van der Waals surface area contributed by atoms with Crippen LogP contribution in [0.1, 0.15) is 12.0 Å². The number of ether oxygens (including phenoxy) is 1. The number of hydrogen-bond donors (Lipinski definition) is 1. The number of sulfonamides is 1. The monoisotopic (exact) mass is 484 g/mol. The number of rotatable bonds is 7. The van der Waals surface area contributed by atoms with E-state index >= 15 is 0 Å². The van der Waals surface area contributed by atoms with E-state index in [4.69, 9.17) is 10.5 Å². The zero-order valence-corrected chi connectivity index (χ0v) is 17.8. The molecule has 0 heterocycles. The van der Waals surface area contributed by atoms with Crippen LogP contribution in [0.3, 0.4) is 0 Å². The molecule has 1 amide bonds. The van der Waals surface area contributed by atoms with Gasteiger partial charge < -0.3 is 15.3 Å². The molecule has 3 rings (SSSR count). The Kier molecular flexibility index (Phi) is 6.52. The lowest BCUT2D eigenvalue weighted by Crippen LogP contribution is -2.51. The number of hydroxylamine groups is 1. The fourth-order valence-electron chi connectivity index (χ4n) is 2.90. The maximum Gasteiger partial charge on any atom is 0.493 e. The van der Waals surface area contributed by atoms with Crippen molar-refractivity contribution in [2.45, 2.75) is 29.6 Å². The van der Waals surface area contributed by atoms with Crippen LogP contribution in [0.5, 0.6) is 5.75 Å². The van der Waals surface area contributed by atoms with E-state index in [1.165, 1.54) is 18.2 Å². The van der Waals surface area contributed by atoms with Gasteiger partial charge in [-0.05, 0) is 24.1 Å². The van der Waals surface area contributed by atoms with Crippen molar-refractivity contribution in [1.29, 1.82) is 0 Å². The van der Waals surface area contributed by atoms with Crippen molar-refractivity contribution in [2.24, 2.45) is 11.7 Å². The summed E-state index contributed by atoms with van der Waals surface area (Å²) in [5, 5.41) is 0. The quantitative estimate of drug-likeness (QED) is 0.475. The number of carbonyl (C=O) groups is 2. The highest BCUT2D eigenvalue weighted by Gasteiger charge is 2.60. The van der Waals surface area contributed by atoms with Gasteiger partial charge in [-0.3, -0.25) is 4.79 Å². The molecule has 0 unspecified atom stereocenters. The largest absolute Gasteiger partial charge is 0.493 e. The number of hydrogen-bond acceptors (Lipinski definition) is 7. The molecule has 33 heavy (non-hydrogen) atoms. The fourth-order valence-corrected chi connectivity index (χ4v) is 4.16. The van der Waals surface area contributed by atoms with Gasteiger partial charge in [0.15, 0.2) is 0 Å². The van der Waals surface area contributed by atoms with Gasteiger partial charge in [-0.15, -0.1) is 6.58 Å². The van der Waals surface area contributed by atoms with E-state index in [0.717, 1.165) is 17.7 Å². The van der Waals surface area contributed by atoms with E-state index in [1.54, 1.807) is 30.3 Å². The van der Waals surface area contributed by atoms with Gasteiger partial charge in [0.2, 0.25) is 0 Å². The third kappa shape index (κ3) is 5.17. The van der Waals surface area contributed by atoms with Gasteiger partial charge in [0.25, 0.3) is 15.9 Å². The SMILES string of the molecule is C=C[C@@H]1C[C@@]1(N)C(=O)N(OC(=O)C(F)(F)F)S(=O)(=O)c1cccc(OCc2ccccc2)c1. The zero-order valence-electron chi connectivity index (χ0n) is 17.0. The Hall–Kier alpha value is -3.38. The summed E-state index contributed by atoms with van der Waals surface area (Å²) in [5.41, 5.74) is 4.72. The predicted molar refractivity (Wildman–Crippen MR) is 109 cm³/mol. The number of carbonyl (C=O) groups excluding carboxylic acids is 2. The maximum absolute atomic E-state index is 13.1. The molecule has 2 atom stereocenters. The van der Waals surface area contributed by atoms with Gasteiger partial charge in [0, 0.05) is 12.0 Å². The van der Waals surface area contributed by atoms with E-state index < -0.39 is 48.9 Å². The average Bonchev–Trinajstić information content (AvgIpc) is 3.47. The van der Waals surface area contributed by atoms with Crippen LogP contribution < -0.4 is 10.5 Å². The molecule has 1 fully saturated rings. The predicted octanol–water partition coefficient (Wildman–Crippen LogP) is 2.71. The van der Waals surface area contributed by atoms with E-state index in [9.17, 15) is 31.2 Å². The molecular formula is C21H19F3N2O6S. The smallest absolute Gasteiger partial charge is 0.489 e. The molecule has 2 N–H and O–H groups in total. The molecule has 12 heteroatoms. The topological polar surface area (TPSA) is 116 Å². The summed E-state index contributed by atoms with van der Waals surface area (Å²) in [7, 11) is -5.09. The molecule has 1 aliphatic carbocycles. The van der Waals surface area contributed by atoms with Gasteiger partial charge in [-0.25, -0.2) is 4.79 Å².